The molecule has 0 atom stereocenters. The van der Waals surface area contributed by atoms with Crippen LogP contribution in [-0.4, -0.2) is 0 Å². The first-order chi connectivity index (χ1) is 3.41. The highest BCUT2D eigenvalue weighted by molar-refractivity contribution is 8.05. The maximum absolute atomic E-state index is 3.83. The van der Waals surface area contributed by atoms with E-state index in [1.807, 2.05) is 10.8 Å². The predicted molar refractivity (Wildman–Crippen MR) is 43.8 cm³/mol. The van der Waals surface area contributed by atoms with E-state index in [1.165, 1.54) is 11.8 Å². The molecule has 0 bridgehead atoms. The third-order valence-electron chi connectivity index (χ3n) is 0.279. The van der Waals surface area contributed by atoms with Gasteiger partial charge in [-0.15, -0.1) is 11.8 Å². The minimum atomic E-state index is 1.54. The van der Waals surface area contributed by atoms with E-state index in [-0.39, 0.29) is 0 Å². The fraction of sp³-hybridized carbons (Fsp3) is 0. The summed E-state index contributed by atoms with van der Waals surface area (Å²) in [7, 11) is 0. The number of hydrogen-bond acceptors (Lipinski definition) is 3. The molecule has 0 aliphatic rings. The van der Waals surface area contributed by atoms with Gasteiger partial charge in [0.25, 0.3) is 0 Å². The van der Waals surface area contributed by atoms with Crippen molar-refractivity contribution in [3.05, 3.63) is 21.6 Å². The standard InChI is InChI=1S/C4H6S3/c5-1-3-7-4-2-6/h1-6H. The Labute approximate surface area is 58.9 Å². The van der Waals surface area contributed by atoms with Gasteiger partial charge >= 0.3 is 0 Å². The molecule has 0 N–H and O–H groups in total. The highest BCUT2D eigenvalue weighted by atomic mass is 32.2. The molecular formula is C4H6S3. The topological polar surface area (TPSA) is 0 Å². The van der Waals surface area contributed by atoms with E-state index in [2.05, 4.69) is 25.3 Å². The Morgan fingerprint density at radius 3 is 1.71 bits per heavy atom. The van der Waals surface area contributed by atoms with Crippen molar-refractivity contribution in [3.63, 3.8) is 0 Å². The van der Waals surface area contributed by atoms with Gasteiger partial charge in [-0.3, -0.25) is 0 Å². The van der Waals surface area contributed by atoms with Crippen molar-refractivity contribution in [1.29, 1.82) is 0 Å². The summed E-state index contributed by atoms with van der Waals surface area (Å²) < 4.78 is 0. The lowest BCUT2D eigenvalue weighted by Gasteiger charge is -1.72. The van der Waals surface area contributed by atoms with E-state index >= 15 is 0 Å². The van der Waals surface area contributed by atoms with Gasteiger partial charge in [-0.25, -0.2) is 0 Å². The molecule has 0 fully saturated rings. The van der Waals surface area contributed by atoms with Crippen molar-refractivity contribution in [3.8, 4) is 0 Å². The molecule has 40 valence electrons. The van der Waals surface area contributed by atoms with Crippen LogP contribution in [0, 0.1) is 0 Å². The van der Waals surface area contributed by atoms with Crippen LogP contribution in [0.2, 0.25) is 0 Å². The SMILES string of the molecule is SC=CSC=CS. The highest BCUT2D eigenvalue weighted by Gasteiger charge is 1.62. The molecule has 0 rings (SSSR count). The van der Waals surface area contributed by atoms with Crippen LogP contribution >= 0.6 is 37.0 Å². The Morgan fingerprint density at radius 2 is 1.43 bits per heavy atom. The molecule has 0 radical (unpaired) electrons. The van der Waals surface area contributed by atoms with Gasteiger partial charge in [-0.1, -0.05) is 0 Å². The largest absolute Gasteiger partial charge is 0.151 e. The van der Waals surface area contributed by atoms with E-state index < -0.39 is 0 Å². The third kappa shape index (κ3) is 6.53. The van der Waals surface area contributed by atoms with Crippen molar-refractivity contribution < 1.29 is 0 Å². The van der Waals surface area contributed by atoms with Gasteiger partial charge in [0.2, 0.25) is 0 Å². The Hall–Kier alpha value is 0.530. The zero-order valence-electron chi connectivity index (χ0n) is 3.61. The monoisotopic (exact) mass is 150 g/mol. The van der Waals surface area contributed by atoms with Gasteiger partial charge in [-0.05, 0) is 21.6 Å². The van der Waals surface area contributed by atoms with Crippen LogP contribution in [0.4, 0.5) is 0 Å². The van der Waals surface area contributed by atoms with Crippen molar-refractivity contribution in [2.45, 2.75) is 0 Å². The predicted octanol–water partition coefficient (Wildman–Crippen LogP) is 2.52. The summed E-state index contributed by atoms with van der Waals surface area (Å²) in [6, 6.07) is 0. The van der Waals surface area contributed by atoms with Gasteiger partial charge in [0.05, 0.1) is 0 Å². The van der Waals surface area contributed by atoms with Crippen molar-refractivity contribution >= 4 is 37.0 Å². The molecule has 0 saturated heterocycles. The number of hydrogen-bond donors (Lipinski definition) is 2. The van der Waals surface area contributed by atoms with Crippen LogP contribution in [-0.2, 0) is 0 Å². The molecule has 0 nitrogen and oxygen atoms in total. The quantitative estimate of drug-likeness (QED) is 0.570. The molecule has 0 aromatic heterocycles. The van der Waals surface area contributed by atoms with Crippen molar-refractivity contribution in [2.24, 2.45) is 0 Å². The summed E-state index contributed by atoms with van der Waals surface area (Å²) in [6.07, 6.45) is 0. The highest BCUT2D eigenvalue weighted by Crippen LogP contribution is 2.04. The van der Waals surface area contributed by atoms with E-state index in [1.54, 1.807) is 10.8 Å². The average Bonchev–Trinajstić information content (AvgIpc) is 1.69. The minimum absolute atomic E-state index is 1.54. The summed E-state index contributed by atoms with van der Waals surface area (Å²) in [6.45, 7) is 0. The summed E-state index contributed by atoms with van der Waals surface area (Å²) in [5.41, 5.74) is 0. The molecule has 3 heteroatoms. The first kappa shape index (κ1) is 7.53. The van der Waals surface area contributed by atoms with Crippen LogP contribution < -0.4 is 0 Å². The van der Waals surface area contributed by atoms with Gasteiger partial charge < -0.3 is 0 Å². The number of thiol groups is 2. The van der Waals surface area contributed by atoms with Gasteiger partial charge in [0.15, 0.2) is 0 Å². The molecule has 0 amide bonds. The third-order valence-corrected chi connectivity index (χ3v) is 1.57. The van der Waals surface area contributed by atoms with Crippen LogP contribution in [0.25, 0.3) is 0 Å². The van der Waals surface area contributed by atoms with Crippen LogP contribution in [0.15, 0.2) is 21.6 Å². The summed E-state index contributed by atoms with van der Waals surface area (Å²) in [4.78, 5) is 0. The summed E-state index contributed by atoms with van der Waals surface area (Å²) in [5, 5.41) is 7.07. The minimum Gasteiger partial charge on any atom is -0.151 e. The molecule has 0 aliphatic heterocycles. The first-order valence-corrected chi connectivity index (χ1v) is 3.63. The van der Waals surface area contributed by atoms with Crippen molar-refractivity contribution in [1.82, 2.24) is 0 Å². The van der Waals surface area contributed by atoms with E-state index in [9.17, 15) is 0 Å². The van der Waals surface area contributed by atoms with Crippen LogP contribution in [0.3, 0.4) is 0 Å². The zero-order valence-corrected chi connectivity index (χ0v) is 6.22. The smallest absolute Gasteiger partial charge is 0.0187 e. The second kappa shape index (κ2) is 6.53. The molecule has 0 heterocycles. The molecule has 7 heavy (non-hydrogen) atoms. The molecule has 0 aromatic carbocycles. The number of thioether (sulfide) groups is 1. The van der Waals surface area contributed by atoms with Gasteiger partial charge in [0, 0.05) is 0 Å². The maximum Gasteiger partial charge on any atom is -0.0187 e. The van der Waals surface area contributed by atoms with E-state index in [4.69, 9.17) is 0 Å². The second-order valence-electron chi connectivity index (χ2n) is 0.706. The first-order valence-electron chi connectivity index (χ1n) is 1.65. The number of rotatable bonds is 2. The van der Waals surface area contributed by atoms with Crippen LogP contribution in [0.1, 0.15) is 0 Å². The second-order valence-corrected chi connectivity index (χ2v) is 2.12. The summed E-state index contributed by atoms with van der Waals surface area (Å²) >= 11 is 9.21. The lowest BCUT2D eigenvalue weighted by Crippen LogP contribution is -1.35. The van der Waals surface area contributed by atoms with E-state index in [0.717, 1.165) is 0 Å². The van der Waals surface area contributed by atoms with Crippen molar-refractivity contribution in [2.75, 3.05) is 0 Å². The lowest BCUT2D eigenvalue weighted by atomic mass is 11.2. The average molecular weight is 150 g/mol. The van der Waals surface area contributed by atoms with Gasteiger partial charge in [0.1, 0.15) is 0 Å². The maximum atomic E-state index is 3.83. The Bertz CT molecular complexity index is 65.0. The Kier molecular flexibility index (Phi) is 7.02. The lowest BCUT2D eigenvalue weighted by molar-refractivity contribution is 2.50. The Balaban J connectivity index is 2.98. The molecule has 0 spiro atoms. The fourth-order valence-electron chi connectivity index (χ4n) is 0.116. The van der Waals surface area contributed by atoms with Crippen LogP contribution in [0.5, 0.6) is 0 Å². The summed E-state index contributed by atoms with van der Waals surface area (Å²) in [5.74, 6) is 0. The molecule has 0 unspecified atom stereocenters. The fourth-order valence-corrected chi connectivity index (χ4v) is 0.769. The molecule has 0 aromatic rings. The Morgan fingerprint density at radius 1 is 1.00 bits per heavy atom. The van der Waals surface area contributed by atoms with E-state index in [0.29, 0.717) is 0 Å². The van der Waals surface area contributed by atoms with Gasteiger partial charge in [-0.2, -0.15) is 25.3 Å². The molecule has 0 saturated carbocycles. The zero-order chi connectivity index (χ0) is 5.54. The normalized spacial score (nSPS) is 11.7. The molecule has 0 aliphatic carbocycles. The molecular weight excluding hydrogens is 144 g/mol.